The molecule has 1 aromatic carbocycles. The Balaban J connectivity index is 1.41. The second kappa shape index (κ2) is 8.52. The number of carbonyl (C=O) groups excluding carboxylic acids is 2. The maximum Gasteiger partial charge on any atom is 0.317 e. The van der Waals surface area contributed by atoms with Crippen molar-refractivity contribution in [1.29, 1.82) is 0 Å². The van der Waals surface area contributed by atoms with Gasteiger partial charge in [-0.2, -0.15) is 4.98 Å². The summed E-state index contributed by atoms with van der Waals surface area (Å²) >= 11 is 0. The van der Waals surface area contributed by atoms with Gasteiger partial charge in [0, 0.05) is 38.8 Å². The minimum absolute atomic E-state index is 0.0698. The van der Waals surface area contributed by atoms with Crippen molar-refractivity contribution in [3.05, 3.63) is 41.8 Å². The lowest BCUT2D eigenvalue weighted by Crippen LogP contribution is -2.49. The number of piperidine rings is 1. The van der Waals surface area contributed by atoms with Gasteiger partial charge in [0.05, 0.1) is 6.54 Å². The van der Waals surface area contributed by atoms with Crippen LogP contribution < -0.4 is 15.5 Å². The highest BCUT2D eigenvalue weighted by molar-refractivity contribution is 5.94. The maximum absolute atomic E-state index is 12.3. The van der Waals surface area contributed by atoms with E-state index < -0.39 is 0 Å². The lowest BCUT2D eigenvalue weighted by atomic mass is 10.0. The Morgan fingerprint density at radius 3 is 2.56 bits per heavy atom. The molecule has 9 heteroatoms. The van der Waals surface area contributed by atoms with Gasteiger partial charge in [-0.3, -0.25) is 4.79 Å². The number of hydrogen-bond acceptors (Lipinski definition) is 6. The van der Waals surface area contributed by atoms with Gasteiger partial charge in [0.1, 0.15) is 0 Å². The van der Waals surface area contributed by atoms with E-state index in [9.17, 15) is 9.59 Å². The fourth-order valence-electron chi connectivity index (χ4n) is 2.85. The summed E-state index contributed by atoms with van der Waals surface area (Å²) in [4.78, 5) is 32.1. The fraction of sp³-hybridized carbons (Fsp3) is 0.444. The third kappa shape index (κ3) is 4.96. The molecule has 3 rings (SSSR count). The maximum atomic E-state index is 12.3. The molecule has 0 bridgehead atoms. The molecule has 0 saturated carbocycles. The van der Waals surface area contributed by atoms with Crippen molar-refractivity contribution in [3.63, 3.8) is 0 Å². The number of anilines is 1. The molecule has 1 saturated heterocycles. The van der Waals surface area contributed by atoms with E-state index in [1.165, 1.54) is 0 Å². The van der Waals surface area contributed by atoms with Crippen LogP contribution >= 0.6 is 0 Å². The minimum Gasteiger partial charge on any atom is -0.349 e. The van der Waals surface area contributed by atoms with Gasteiger partial charge < -0.3 is 25.0 Å². The number of benzene rings is 1. The highest BCUT2D eigenvalue weighted by atomic mass is 16.5. The Morgan fingerprint density at radius 1 is 1.22 bits per heavy atom. The fourth-order valence-corrected chi connectivity index (χ4v) is 2.85. The molecule has 0 atom stereocenters. The average Bonchev–Trinajstić information content (AvgIpc) is 3.17. The van der Waals surface area contributed by atoms with Gasteiger partial charge in [0.15, 0.2) is 0 Å². The van der Waals surface area contributed by atoms with Gasteiger partial charge in [-0.15, -0.1) is 0 Å². The summed E-state index contributed by atoms with van der Waals surface area (Å²) in [5, 5.41) is 9.62. The van der Waals surface area contributed by atoms with E-state index in [0.717, 1.165) is 12.8 Å². The largest absolute Gasteiger partial charge is 0.349 e. The summed E-state index contributed by atoms with van der Waals surface area (Å²) in [7, 11) is 3.63. The number of aromatic nitrogens is 2. The van der Waals surface area contributed by atoms with Crippen molar-refractivity contribution in [2.75, 3.05) is 32.1 Å². The van der Waals surface area contributed by atoms with Crippen LogP contribution in [-0.2, 0) is 6.54 Å². The number of rotatable bonds is 5. The molecule has 1 aliphatic rings. The van der Waals surface area contributed by atoms with Gasteiger partial charge in [-0.05, 0) is 30.1 Å². The standard InChI is InChI=1S/C18H24N6O3/c1-23(2)17-21-15(27-22-17)12-19-18(26)24-10-8-14(9-11-24)20-16(25)13-6-4-3-5-7-13/h3-7,14H,8-12H2,1-2H3,(H,19,26)(H,20,25). The van der Waals surface area contributed by atoms with Crippen LogP contribution in [0.25, 0.3) is 0 Å². The Hall–Kier alpha value is -3.10. The van der Waals surface area contributed by atoms with Crippen LogP contribution in [0, 0.1) is 0 Å². The van der Waals surface area contributed by atoms with Crippen molar-refractivity contribution in [1.82, 2.24) is 25.7 Å². The van der Waals surface area contributed by atoms with E-state index in [1.807, 2.05) is 32.3 Å². The van der Waals surface area contributed by atoms with E-state index in [4.69, 9.17) is 4.52 Å². The zero-order valence-electron chi connectivity index (χ0n) is 15.5. The average molecular weight is 372 g/mol. The zero-order chi connectivity index (χ0) is 19.2. The quantitative estimate of drug-likeness (QED) is 0.818. The van der Waals surface area contributed by atoms with Crippen LogP contribution in [0.15, 0.2) is 34.9 Å². The minimum atomic E-state index is -0.174. The lowest BCUT2D eigenvalue weighted by molar-refractivity contribution is 0.0917. The molecular weight excluding hydrogens is 348 g/mol. The molecule has 0 spiro atoms. The predicted octanol–water partition coefficient (Wildman–Crippen LogP) is 1.24. The van der Waals surface area contributed by atoms with Crippen molar-refractivity contribution < 1.29 is 14.1 Å². The molecule has 1 aromatic heterocycles. The van der Waals surface area contributed by atoms with Crippen molar-refractivity contribution >= 4 is 17.9 Å². The monoisotopic (exact) mass is 372 g/mol. The number of likely N-dealkylation sites (tertiary alicyclic amines) is 1. The molecule has 27 heavy (non-hydrogen) atoms. The molecular formula is C18H24N6O3. The van der Waals surface area contributed by atoms with Crippen LogP contribution in [-0.4, -0.2) is 60.2 Å². The van der Waals surface area contributed by atoms with E-state index in [1.54, 1.807) is 21.9 Å². The number of hydrogen-bond donors (Lipinski definition) is 2. The van der Waals surface area contributed by atoms with Crippen LogP contribution in [0.5, 0.6) is 0 Å². The zero-order valence-corrected chi connectivity index (χ0v) is 15.5. The normalized spacial score (nSPS) is 14.7. The number of carbonyl (C=O) groups is 2. The van der Waals surface area contributed by atoms with E-state index in [0.29, 0.717) is 30.5 Å². The number of amides is 3. The van der Waals surface area contributed by atoms with E-state index in [-0.39, 0.29) is 24.5 Å². The number of urea groups is 1. The first kappa shape index (κ1) is 18.7. The van der Waals surface area contributed by atoms with Crippen molar-refractivity contribution in [3.8, 4) is 0 Å². The molecule has 2 aromatic rings. The first-order valence-electron chi connectivity index (χ1n) is 8.91. The molecule has 0 unspecified atom stereocenters. The summed E-state index contributed by atoms with van der Waals surface area (Å²) in [5.74, 6) is 0.748. The first-order valence-corrected chi connectivity index (χ1v) is 8.91. The number of nitrogens with one attached hydrogen (secondary N) is 2. The smallest absolute Gasteiger partial charge is 0.317 e. The van der Waals surface area contributed by atoms with Crippen molar-refractivity contribution in [2.45, 2.75) is 25.4 Å². The lowest BCUT2D eigenvalue weighted by Gasteiger charge is -2.32. The molecule has 2 N–H and O–H groups in total. The highest BCUT2D eigenvalue weighted by Crippen LogP contribution is 2.12. The highest BCUT2D eigenvalue weighted by Gasteiger charge is 2.24. The second-order valence-electron chi connectivity index (χ2n) is 6.64. The van der Waals surface area contributed by atoms with Gasteiger partial charge in [0.2, 0.25) is 5.89 Å². The Bertz CT molecular complexity index is 768. The van der Waals surface area contributed by atoms with Crippen LogP contribution in [0.2, 0.25) is 0 Å². The Kier molecular flexibility index (Phi) is 5.90. The topological polar surface area (TPSA) is 104 Å². The van der Waals surface area contributed by atoms with Crippen LogP contribution in [0.3, 0.4) is 0 Å². The third-order valence-electron chi connectivity index (χ3n) is 4.40. The molecule has 9 nitrogen and oxygen atoms in total. The summed E-state index contributed by atoms with van der Waals surface area (Å²) in [6.07, 6.45) is 1.44. The van der Waals surface area contributed by atoms with Crippen molar-refractivity contribution in [2.24, 2.45) is 0 Å². The summed E-state index contributed by atoms with van der Waals surface area (Å²) in [6, 6.07) is 9.03. The summed E-state index contributed by atoms with van der Waals surface area (Å²) in [5.41, 5.74) is 0.648. The van der Waals surface area contributed by atoms with Gasteiger partial charge in [0.25, 0.3) is 11.9 Å². The van der Waals surface area contributed by atoms with Gasteiger partial charge in [-0.1, -0.05) is 18.2 Å². The number of nitrogens with zero attached hydrogens (tertiary/aromatic N) is 4. The third-order valence-corrected chi connectivity index (χ3v) is 4.40. The first-order chi connectivity index (χ1) is 13.0. The van der Waals surface area contributed by atoms with Crippen LogP contribution in [0.4, 0.5) is 10.7 Å². The van der Waals surface area contributed by atoms with Gasteiger partial charge in [-0.25, -0.2) is 4.79 Å². The molecule has 0 radical (unpaired) electrons. The summed E-state index contributed by atoms with van der Waals surface area (Å²) < 4.78 is 5.08. The van der Waals surface area contributed by atoms with Crippen LogP contribution in [0.1, 0.15) is 29.1 Å². The molecule has 144 valence electrons. The Morgan fingerprint density at radius 2 is 1.93 bits per heavy atom. The van der Waals surface area contributed by atoms with E-state index >= 15 is 0 Å². The SMILES string of the molecule is CN(C)c1noc(CNC(=O)N2CCC(NC(=O)c3ccccc3)CC2)n1. The van der Waals surface area contributed by atoms with E-state index in [2.05, 4.69) is 20.8 Å². The molecule has 1 aliphatic heterocycles. The Labute approximate surface area is 157 Å². The predicted molar refractivity (Wildman–Crippen MR) is 99.4 cm³/mol. The van der Waals surface area contributed by atoms with Gasteiger partial charge >= 0.3 is 6.03 Å². The second-order valence-corrected chi connectivity index (χ2v) is 6.64. The molecule has 2 heterocycles. The summed E-state index contributed by atoms with van der Waals surface area (Å²) in [6.45, 7) is 1.35. The molecule has 1 fully saturated rings. The molecule has 0 aliphatic carbocycles. The molecule has 3 amide bonds.